The molecule has 1 saturated heterocycles. The third-order valence-corrected chi connectivity index (χ3v) is 5.55. The molecule has 0 atom stereocenters. The van der Waals surface area contributed by atoms with E-state index in [0.717, 1.165) is 37.2 Å². The highest BCUT2D eigenvalue weighted by Gasteiger charge is 2.26. The zero-order valence-electron chi connectivity index (χ0n) is 15.4. The molecule has 2 aromatic rings. The average Bonchev–Trinajstić information content (AvgIpc) is 2.67. The summed E-state index contributed by atoms with van der Waals surface area (Å²) in [5, 5.41) is 4.40. The number of nitrogens with one attached hydrogen (secondary N) is 1. The zero-order valence-corrected chi connectivity index (χ0v) is 16.9. The topological polar surface area (TPSA) is 41.6 Å². The Labute approximate surface area is 170 Å². The standard InChI is InChI=1S/C21H24Cl2N2O2/c1-2-27-20-9-4-3-8-19(20)24-21(26)15-10-12-25(13-11-15)14-16-17(22)6-5-7-18(16)23/h3-9,15H,2,10-14H2,1H3,(H,24,26). The van der Waals surface area contributed by atoms with Crippen LogP contribution in [0.4, 0.5) is 5.69 Å². The lowest BCUT2D eigenvalue weighted by Gasteiger charge is -2.31. The van der Waals surface area contributed by atoms with Gasteiger partial charge in [-0.1, -0.05) is 41.4 Å². The van der Waals surface area contributed by atoms with Crippen LogP contribution in [0.5, 0.6) is 5.75 Å². The number of nitrogens with zero attached hydrogens (tertiary/aromatic N) is 1. The van der Waals surface area contributed by atoms with Gasteiger partial charge in [-0.3, -0.25) is 9.69 Å². The van der Waals surface area contributed by atoms with E-state index in [1.807, 2.05) is 49.4 Å². The number of anilines is 1. The van der Waals surface area contributed by atoms with E-state index in [9.17, 15) is 4.79 Å². The van der Waals surface area contributed by atoms with Crippen molar-refractivity contribution in [1.29, 1.82) is 0 Å². The number of ether oxygens (including phenoxy) is 1. The summed E-state index contributed by atoms with van der Waals surface area (Å²) in [6, 6.07) is 13.1. The van der Waals surface area contributed by atoms with Crippen LogP contribution in [0.1, 0.15) is 25.3 Å². The van der Waals surface area contributed by atoms with Gasteiger partial charge in [-0.25, -0.2) is 0 Å². The Bertz CT molecular complexity index is 769. The third-order valence-electron chi connectivity index (χ3n) is 4.85. The van der Waals surface area contributed by atoms with Crippen molar-refractivity contribution in [3.05, 3.63) is 58.1 Å². The molecule has 1 heterocycles. The van der Waals surface area contributed by atoms with Gasteiger partial charge in [0.2, 0.25) is 5.91 Å². The summed E-state index contributed by atoms with van der Waals surface area (Å²) in [6.07, 6.45) is 1.62. The van der Waals surface area contributed by atoms with Crippen LogP contribution in [-0.4, -0.2) is 30.5 Å². The van der Waals surface area contributed by atoms with Gasteiger partial charge in [-0.2, -0.15) is 0 Å². The molecule has 3 rings (SSSR count). The molecule has 1 aliphatic rings. The number of hydrogen-bond acceptors (Lipinski definition) is 3. The fourth-order valence-corrected chi connectivity index (χ4v) is 3.86. The molecule has 1 aliphatic heterocycles. The highest BCUT2D eigenvalue weighted by molar-refractivity contribution is 6.35. The fourth-order valence-electron chi connectivity index (χ4n) is 3.35. The van der Waals surface area contributed by atoms with E-state index in [4.69, 9.17) is 27.9 Å². The summed E-state index contributed by atoms with van der Waals surface area (Å²) in [5.41, 5.74) is 1.68. The molecule has 0 bridgehead atoms. The Balaban J connectivity index is 1.55. The molecular weight excluding hydrogens is 383 g/mol. The highest BCUT2D eigenvalue weighted by Crippen LogP contribution is 2.29. The maximum absolute atomic E-state index is 12.7. The summed E-state index contributed by atoms with van der Waals surface area (Å²) < 4.78 is 5.58. The lowest BCUT2D eigenvalue weighted by atomic mass is 9.95. The Hall–Kier alpha value is -1.75. The minimum absolute atomic E-state index is 0.00218. The largest absolute Gasteiger partial charge is 0.492 e. The van der Waals surface area contributed by atoms with Gasteiger partial charge in [-0.15, -0.1) is 0 Å². The number of carbonyl (C=O) groups is 1. The van der Waals surface area contributed by atoms with Crippen LogP contribution in [-0.2, 0) is 11.3 Å². The number of amides is 1. The van der Waals surface area contributed by atoms with Crippen molar-refractivity contribution in [3.8, 4) is 5.75 Å². The number of halogens is 2. The SMILES string of the molecule is CCOc1ccccc1NC(=O)C1CCN(Cc2c(Cl)cccc2Cl)CC1. The summed E-state index contributed by atoms with van der Waals surface area (Å²) in [7, 11) is 0. The first-order chi connectivity index (χ1) is 13.1. The molecule has 0 aromatic heterocycles. The van der Waals surface area contributed by atoms with Crippen LogP contribution in [0.15, 0.2) is 42.5 Å². The second kappa shape index (κ2) is 9.45. The van der Waals surface area contributed by atoms with Gasteiger partial charge >= 0.3 is 0 Å². The molecule has 0 unspecified atom stereocenters. The average molecular weight is 407 g/mol. The molecule has 4 nitrogen and oxygen atoms in total. The van der Waals surface area contributed by atoms with E-state index < -0.39 is 0 Å². The van der Waals surface area contributed by atoms with Gasteiger partial charge in [0.1, 0.15) is 5.75 Å². The number of carbonyl (C=O) groups excluding carboxylic acids is 1. The van der Waals surface area contributed by atoms with Gasteiger partial charge in [0.15, 0.2) is 0 Å². The van der Waals surface area contributed by atoms with Crippen LogP contribution >= 0.6 is 23.2 Å². The minimum atomic E-state index is -0.00218. The van der Waals surface area contributed by atoms with Crippen LogP contribution in [0.3, 0.4) is 0 Å². The molecule has 0 spiro atoms. The number of piperidine rings is 1. The molecule has 0 saturated carbocycles. The molecule has 2 aromatic carbocycles. The van der Waals surface area contributed by atoms with Gasteiger partial charge in [0, 0.05) is 28.1 Å². The molecule has 27 heavy (non-hydrogen) atoms. The molecule has 144 valence electrons. The van der Waals surface area contributed by atoms with Crippen molar-refractivity contribution >= 4 is 34.8 Å². The molecule has 0 radical (unpaired) electrons. The van der Waals surface area contributed by atoms with Crippen molar-refractivity contribution in [2.24, 2.45) is 5.92 Å². The fraction of sp³-hybridized carbons (Fsp3) is 0.381. The minimum Gasteiger partial charge on any atom is -0.492 e. The van der Waals surface area contributed by atoms with Crippen molar-refractivity contribution in [2.45, 2.75) is 26.3 Å². The van der Waals surface area contributed by atoms with Gasteiger partial charge < -0.3 is 10.1 Å². The van der Waals surface area contributed by atoms with E-state index >= 15 is 0 Å². The smallest absolute Gasteiger partial charge is 0.227 e. The number of benzene rings is 2. The van der Waals surface area contributed by atoms with Crippen molar-refractivity contribution in [2.75, 3.05) is 25.0 Å². The first-order valence-electron chi connectivity index (χ1n) is 9.26. The third kappa shape index (κ3) is 5.16. The van der Waals surface area contributed by atoms with Crippen LogP contribution in [0.25, 0.3) is 0 Å². The molecule has 1 N–H and O–H groups in total. The number of hydrogen-bond donors (Lipinski definition) is 1. The van der Waals surface area contributed by atoms with Crippen LogP contribution < -0.4 is 10.1 Å². The number of rotatable bonds is 6. The summed E-state index contributed by atoms with van der Waals surface area (Å²) in [4.78, 5) is 15.0. The maximum atomic E-state index is 12.7. The van der Waals surface area contributed by atoms with E-state index in [1.54, 1.807) is 0 Å². The first kappa shape index (κ1) is 20.0. The van der Waals surface area contributed by atoms with Crippen molar-refractivity contribution < 1.29 is 9.53 Å². The Morgan fingerprint density at radius 2 is 1.78 bits per heavy atom. The van der Waals surface area contributed by atoms with Gasteiger partial charge in [0.25, 0.3) is 0 Å². The lowest BCUT2D eigenvalue weighted by Crippen LogP contribution is -2.37. The Kier molecular flexibility index (Phi) is 7.00. The van der Waals surface area contributed by atoms with Gasteiger partial charge in [0.05, 0.1) is 12.3 Å². The van der Waals surface area contributed by atoms with Crippen LogP contribution in [0, 0.1) is 5.92 Å². The predicted octanol–water partition coefficient (Wildman–Crippen LogP) is 5.24. The maximum Gasteiger partial charge on any atom is 0.227 e. The monoisotopic (exact) mass is 406 g/mol. The number of para-hydroxylation sites is 2. The lowest BCUT2D eigenvalue weighted by molar-refractivity contribution is -0.121. The predicted molar refractivity (Wildman–Crippen MR) is 111 cm³/mol. The Morgan fingerprint density at radius 1 is 1.11 bits per heavy atom. The highest BCUT2D eigenvalue weighted by atomic mass is 35.5. The van der Waals surface area contributed by atoms with E-state index in [1.165, 1.54) is 0 Å². The summed E-state index contributed by atoms with van der Waals surface area (Å²) in [6.45, 7) is 4.88. The van der Waals surface area contributed by atoms with Crippen molar-refractivity contribution in [3.63, 3.8) is 0 Å². The van der Waals surface area contributed by atoms with Gasteiger partial charge in [-0.05, 0) is 57.1 Å². The number of likely N-dealkylation sites (tertiary alicyclic amines) is 1. The van der Waals surface area contributed by atoms with E-state index in [0.29, 0.717) is 28.9 Å². The summed E-state index contributed by atoms with van der Waals surface area (Å²) >= 11 is 12.5. The second-order valence-corrected chi connectivity index (χ2v) is 7.48. The molecular formula is C21H24Cl2N2O2. The molecule has 0 aliphatic carbocycles. The second-order valence-electron chi connectivity index (χ2n) is 6.67. The van der Waals surface area contributed by atoms with Crippen molar-refractivity contribution in [1.82, 2.24) is 4.90 Å². The molecule has 6 heteroatoms. The zero-order chi connectivity index (χ0) is 19.2. The summed E-state index contributed by atoms with van der Waals surface area (Å²) in [5.74, 6) is 0.759. The Morgan fingerprint density at radius 3 is 2.44 bits per heavy atom. The normalized spacial score (nSPS) is 15.5. The van der Waals surface area contributed by atoms with Crippen LogP contribution in [0.2, 0.25) is 10.0 Å². The quantitative estimate of drug-likeness (QED) is 0.712. The molecule has 1 fully saturated rings. The molecule has 1 amide bonds. The van der Waals surface area contributed by atoms with E-state index in [-0.39, 0.29) is 11.8 Å². The first-order valence-corrected chi connectivity index (χ1v) is 10.0. The van der Waals surface area contributed by atoms with E-state index in [2.05, 4.69) is 10.2 Å².